The summed E-state index contributed by atoms with van der Waals surface area (Å²) in [5.41, 5.74) is 1.15. The van der Waals surface area contributed by atoms with E-state index in [-0.39, 0.29) is 30.0 Å². The third-order valence-electron chi connectivity index (χ3n) is 4.43. The van der Waals surface area contributed by atoms with Gasteiger partial charge in [-0.25, -0.2) is 0 Å². The summed E-state index contributed by atoms with van der Waals surface area (Å²) in [6.07, 6.45) is 1.05. The quantitative estimate of drug-likeness (QED) is 0.373. The van der Waals surface area contributed by atoms with E-state index in [2.05, 4.69) is 40.4 Å². The number of morpholine rings is 1. The van der Waals surface area contributed by atoms with Crippen LogP contribution in [0.3, 0.4) is 0 Å². The minimum Gasteiger partial charge on any atom is -0.379 e. The van der Waals surface area contributed by atoms with Gasteiger partial charge in [0.2, 0.25) is 0 Å². The van der Waals surface area contributed by atoms with E-state index in [9.17, 15) is 0 Å². The number of nitrogens with one attached hydrogen (secondary N) is 2. The molecule has 0 radical (unpaired) electrons. The van der Waals surface area contributed by atoms with Crippen molar-refractivity contribution in [3.8, 4) is 0 Å². The molecule has 2 atom stereocenters. The Morgan fingerprint density at radius 1 is 1.32 bits per heavy atom. The molecule has 0 bridgehead atoms. The zero-order chi connectivity index (χ0) is 17.4. The predicted molar refractivity (Wildman–Crippen MR) is 116 cm³/mol. The van der Waals surface area contributed by atoms with Crippen molar-refractivity contribution < 1.29 is 4.74 Å². The Hall–Kier alpha value is -0.570. The molecule has 0 amide bonds. The summed E-state index contributed by atoms with van der Waals surface area (Å²) in [6, 6.07) is 8.65. The Bertz CT molecular complexity index is 538. The SMILES string of the molecule is CCC(C)NC(=NC)NCC(c1ccccc1Cl)N1CCOCC1.I. The number of nitrogens with zero attached hydrogens (tertiary/aromatic N) is 2. The van der Waals surface area contributed by atoms with E-state index in [1.165, 1.54) is 0 Å². The van der Waals surface area contributed by atoms with Crippen molar-refractivity contribution in [1.29, 1.82) is 0 Å². The van der Waals surface area contributed by atoms with Gasteiger partial charge in [-0.1, -0.05) is 36.7 Å². The lowest BCUT2D eigenvalue weighted by Gasteiger charge is -2.35. The van der Waals surface area contributed by atoms with Crippen LogP contribution in [0.2, 0.25) is 5.02 Å². The fourth-order valence-corrected chi connectivity index (χ4v) is 3.06. The number of benzene rings is 1. The van der Waals surface area contributed by atoms with Crippen molar-refractivity contribution >= 4 is 41.5 Å². The molecule has 0 aliphatic carbocycles. The minimum atomic E-state index is 0. The largest absolute Gasteiger partial charge is 0.379 e. The number of hydrogen-bond donors (Lipinski definition) is 2. The fourth-order valence-electron chi connectivity index (χ4n) is 2.79. The molecule has 7 heteroatoms. The predicted octanol–water partition coefficient (Wildman–Crippen LogP) is 3.29. The van der Waals surface area contributed by atoms with Gasteiger partial charge in [0.05, 0.1) is 19.3 Å². The van der Waals surface area contributed by atoms with Crippen LogP contribution in [-0.4, -0.2) is 56.8 Å². The Balaban J connectivity index is 0.00000312. The summed E-state index contributed by atoms with van der Waals surface area (Å²) in [5.74, 6) is 0.828. The van der Waals surface area contributed by atoms with E-state index >= 15 is 0 Å². The monoisotopic (exact) mass is 480 g/mol. The number of halogens is 2. The second-order valence-electron chi connectivity index (χ2n) is 6.09. The molecule has 1 fully saturated rings. The summed E-state index contributed by atoms with van der Waals surface area (Å²) in [6.45, 7) is 8.41. The molecule has 1 aromatic carbocycles. The van der Waals surface area contributed by atoms with Crippen LogP contribution in [0.5, 0.6) is 0 Å². The second kappa shape index (κ2) is 11.9. The molecule has 142 valence electrons. The molecule has 0 saturated carbocycles. The van der Waals surface area contributed by atoms with Crippen LogP contribution in [0.15, 0.2) is 29.3 Å². The molecule has 1 aromatic rings. The van der Waals surface area contributed by atoms with E-state index in [1.54, 1.807) is 7.05 Å². The molecule has 25 heavy (non-hydrogen) atoms. The van der Waals surface area contributed by atoms with Gasteiger partial charge in [-0.05, 0) is 25.0 Å². The Morgan fingerprint density at radius 3 is 2.60 bits per heavy atom. The molecule has 1 heterocycles. The van der Waals surface area contributed by atoms with Gasteiger partial charge >= 0.3 is 0 Å². The Labute approximate surface area is 173 Å². The standard InChI is InChI=1S/C18H29ClN4O.HI/c1-4-14(2)22-18(20-3)21-13-17(23-9-11-24-12-10-23)15-7-5-6-8-16(15)19;/h5-8,14,17H,4,9-13H2,1-3H3,(H2,20,21,22);1H. The van der Waals surface area contributed by atoms with E-state index in [0.29, 0.717) is 6.04 Å². The molecule has 2 unspecified atom stereocenters. The normalized spacial score (nSPS) is 18.2. The van der Waals surface area contributed by atoms with Crippen molar-refractivity contribution in [3.05, 3.63) is 34.9 Å². The highest BCUT2D eigenvalue weighted by Gasteiger charge is 2.24. The first-order valence-electron chi connectivity index (χ1n) is 8.69. The number of hydrogen-bond acceptors (Lipinski definition) is 3. The van der Waals surface area contributed by atoms with E-state index < -0.39 is 0 Å². The average molecular weight is 481 g/mol. The lowest BCUT2D eigenvalue weighted by atomic mass is 10.0. The molecule has 1 aliphatic heterocycles. The molecule has 5 nitrogen and oxygen atoms in total. The number of guanidine groups is 1. The van der Waals surface area contributed by atoms with Crippen molar-refractivity contribution in [3.63, 3.8) is 0 Å². The maximum atomic E-state index is 6.46. The summed E-state index contributed by atoms with van der Waals surface area (Å²) in [5, 5.41) is 7.67. The number of aliphatic imine (C=N–C) groups is 1. The van der Waals surface area contributed by atoms with Gasteiger partial charge in [0.15, 0.2) is 5.96 Å². The zero-order valence-corrected chi connectivity index (χ0v) is 18.4. The summed E-state index contributed by atoms with van der Waals surface area (Å²) in [7, 11) is 1.80. The molecular formula is C18H30ClIN4O. The first kappa shape index (κ1) is 22.5. The third kappa shape index (κ3) is 6.92. The van der Waals surface area contributed by atoms with Gasteiger partial charge in [0, 0.05) is 37.7 Å². The third-order valence-corrected chi connectivity index (χ3v) is 4.78. The summed E-state index contributed by atoms with van der Waals surface area (Å²) >= 11 is 6.46. The molecule has 0 aromatic heterocycles. The van der Waals surface area contributed by atoms with E-state index in [1.807, 2.05) is 18.2 Å². The van der Waals surface area contributed by atoms with Crippen LogP contribution in [0.1, 0.15) is 31.9 Å². The molecule has 2 rings (SSSR count). The molecule has 1 aliphatic rings. The van der Waals surface area contributed by atoms with Crippen LogP contribution < -0.4 is 10.6 Å². The zero-order valence-electron chi connectivity index (χ0n) is 15.3. The highest BCUT2D eigenvalue weighted by Crippen LogP contribution is 2.27. The van der Waals surface area contributed by atoms with Crippen LogP contribution >= 0.6 is 35.6 Å². The summed E-state index contributed by atoms with van der Waals surface area (Å²) < 4.78 is 5.50. The maximum absolute atomic E-state index is 6.46. The van der Waals surface area contributed by atoms with Gasteiger partial charge in [-0.2, -0.15) is 0 Å². The average Bonchev–Trinajstić information content (AvgIpc) is 2.62. The molecule has 0 spiro atoms. The van der Waals surface area contributed by atoms with E-state index in [0.717, 1.165) is 55.8 Å². The van der Waals surface area contributed by atoms with Crippen molar-refractivity contribution in [2.75, 3.05) is 39.9 Å². The first-order chi connectivity index (χ1) is 11.7. The van der Waals surface area contributed by atoms with Crippen LogP contribution in [0.4, 0.5) is 0 Å². The van der Waals surface area contributed by atoms with Crippen LogP contribution in [0.25, 0.3) is 0 Å². The fraction of sp³-hybridized carbons (Fsp3) is 0.611. The van der Waals surface area contributed by atoms with Gasteiger partial charge < -0.3 is 15.4 Å². The van der Waals surface area contributed by atoms with Gasteiger partial charge in [-0.3, -0.25) is 9.89 Å². The Morgan fingerprint density at radius 2 is 2.00 bits per heavy atom. The molecule has 2 N–H and O–H groups in total. The van der Waals surface area contributed by atoms with E-state index in [4.69, 9.17) is 16.3 Å². The Kier molecular flexibility index (Phi) is 10.7. The lowest BCUT2D eigenvalue weighted by molar-refractivity contribution is 0.0170. The highest BCUT2D eigenvalue weighted by atomic mass is 127. The smallest absolute Gasteiger partial charge is 0.191 e. The maximum Gasteiger partial charge on any atom is 0.191 e. The second-order valence-corrected chi connectivity index (χ2v) is 6.50. The molecular weight excluding hydrogens is 451 g/mol. The lowest BCUT2D eigenvalue weighted by Crippen LogP contribution is -2.47. The highest BCUT2D eigenvalue weighted by molar-refractivity contribution is 14.0. The topological polar surface area (TPSA) is 48.9 Å². The van der Waals surface area contributed by atoms with Crippen molar-refractivity contribution in [2.24, 2.45) is 4.99 Å². The number of rotatable bonds is 6. The summed E-state index contributed by atoms with van der Waals surface area (Å²) in [4.78, 5) is 6.75. The first-order valence-corrected chi connectivity index (χ1v) is 9.06. The van der Waals surface area contributed by atoms with Gasteiger partial charge in [-0.15, -0.1) is 24.0 Å². The minimum absolute atomic E-state index is 0. The van der Waals surface area contributed by atoms with Crippen LogP contribution in [-0.2, 0) is 4.74 Å². The van der Waals surface area contributed by atoms with Crippen molar-refractivity contribution in [2.45, 2.75) is 32.4 Å². The van der Waals surface area contributed by atoms with Gasteiger partial charge in [0.25, 0.3) is 0 Å². The number of ether oxygens (including phenoxy) is 1. The van der Waals surface area contributed by atoms with Gasteiger partial charge in [0.1, 0.15) is 0 Å². The molecule has 1 saturated heterocycles. The van der Waals surface area contributed by atoms with Crippen LogP contribution in [0, 0.1) is 0 Å². The van der Waals surface area contributed by atoms with Crippen molar-refractivity contribution in [1.82, 2.24) is 15.5 Å².